The van der Waals surface area contributed by atoms with Gasteiger partial charge in [-0.25, -0.2) is 19.0 Å². The van der Waals surface area contributed by atoms with Crippen molar-refractivity contribution < 1.29 is 13.9 Å². The van der Waals surface area contributed by atoms with Crippen molar-refractivity contribution in [2.75, 3.05) is 31.3 Å². The molecule has 2 N–H and O–H groups in total. The number of thioether (sulfide) groups is 1. The van der Waals surface area contributed by atoms with Gasteiger partial charge in [0, 0.05) is 13.1 Å². The van der Waals surface area contributed by atoms with Crippen molar-refractivity contribution in [1.29, 1.82) is 0 Å². The van der Waals surface area contributed by atoms with E-state index >= 15 is 0 Å². The highest BCUT2D eigenvalue weighted by Crippen LogP contribution is 2.23. The van der Waals surface area contributed by atoms with Gasteiger partial charge in [-0.3, -0.25) is 4.79 Å². The minimum absolute atomic E-state index is 0.0495. The van der Waals surface area contributed by atoms with Crippen molar-refractivity contribution in [3.63, 3.8) is 0 Å². The van der Waals surface area contributed by atoms with Crippen molar-refractivity contribution in [2.24, 2.45) is 5.92 Å². The summed E-state index contributed by atoms with van der Waals surface area (Å²) in [6, 6.07) is 5.97. The van der Waals surface area contributed by atoms with Gasteiger partial charge in [-0.15, -0.1) is 0 Å². The summed E-state index contributed by atoms with van der Waals surface area (Å²) in [5.41, 5.74) is 0.706. The fourth-order valence-corrected chi connectivity index (χ4v) is 3.04. The molecule has 0 aliphatic carbocycles. The van der Waals surface area contributed by atoms with Crippen LogP contribution in [0, 0.1) is 11.7 Å². The molecule has 3 rings (SSSR count). The molecule has 0 saturated carbocycles. The van der Waals surface area contributed by atoms with E-state index < -0.39 is 5.82 Å². The number of carbonyl (C=O) groups excluding carboxylic acids is 1. The minimum atomic E-state index is -0.500. The van der Waals surface area contributed by atoms with Gasteiger partial charge in [-0.2, -0.15) is 5.10 Å². The minimum Gasteiger partial charge on any atom is -0.481 e. The number of ether oxygens (including phenoxy) is 1. The number of amides is 1. The largest absolute Gasteiger partial charge is 0.481 e. The van der Waals surface area contributed by atoms with E-state index in [-0.39, 0.29) is 18.3 Å². The number of fused-ring (bicyclic) bond motifs is 1. The topological polar surface area (TPSA) is 94.0 Å². The fraction of sp³-hybridized carbons (Fsp3) is 0.400. The number of halogens is 1. The molecule has 0 aliphatic rings. The summed E-state index contributed by atoms with van der Waals surface area (Å²) in [4.78, 5) is 21.1. The van der Waals surface area contributed by atoms with E-state index in [0.717, 1.165) is 17.7 Å². The third-order valence-electron chi connectivity index (χ3n) is 4.18. The van der Waals surface area contributed by atoms with Crippen LogP contribution in [-0.2, 0) is 11.3 Å². The number of carbonyl (C=O) groups is 1. The maximum absolute atomic E-state index is 13.5. The number of nitrogens with one attached hydrogen (secondary N) is 2. The molecule has 1 aromatic carbocycles. The average Bonchev–Trinajstić information content (AvgIpc) is 3.14. The van der Waals surface area contributed by atoms with E-state index in [1.807, 2.05) is 6.26 Å². The molecular weight excluding hydrogens is 407 g/mol. The molecule has 0 spiro atoms. The van der Waals surface area contributed by atoms with Crippen LogP contribution in [0.25, 0.3) is 11.0 Å². The third kappa shape index (κ3) is 5.59. The molecule has 10 heteroatoms. The highest BCUT2D eigenvalue weighted by Gasteiger charge is 2.13. The Morgan fingerprint density at radius 2 is 2.10 bits per heavy atom. The Balaban J connectivity index is 1.59. The van der Waals surface area contributed by atoms with Gasteiger partial charge < -0.3 is 15.4 Å². The number of rotatable bonds is 10. The summed E-state index contributed by atoms with van der Waals surface area (Å²) in [5.74, 6) is 0.442. The van der Waals surface area contributed by atoms with Gasteiger partial charge >= 0.3 is 0 Å². The molecule has 30 heavy (non-hydrogen) atoms. The summed E-state index contributed by atoms with van der Waals surface area (Å²) in [5, 5.41) is 12.0. The zero-order valence-electron chi connectivity index (χ0n) is 17.2. The Bertz CT molecular complexity index is 1010. The first-order valence-electron chi connectivity index (χ1n) is 9.63. The van der Waals surface area contributed by atoms with Crippen LogP contribution in [0.1, 0.15) is 13.8 Å². The normalized spacial score (nSPS) is 11.1. The Morgan fingerprint density at radius 3 is 2.83 bits per heavy atom. The summed E-state index contributed by atoms with van der Waals surface area (Å²) < 4.78 is 20.5. The van der Waals surface area contributed by atoms with Crippen LogP contribution in [0.15, 0.2) is 35.6 Å². The molecular formula is C20H25FN6O2S. The first-order valence-corrected chi connectivity index (χ1v) is 10.9. The molecule has 0 atom stereocenters. The van der Waals surface area contributed by atoms with E-state index in [1.165, 1.54) is 23.9 Å². The number of para-hydroxylation sites is 1. The zero-order chi connectivity index (χ0) is 21.5. The van der Waals surface area contributed by atoms with E-state index in [2.05, 4.69) is 39.5 Å². The Kier molecular flexibility index (Phi) is 7.45. The van der Waals surface area contributed by atoms with Crippen LogP contribution in [-0.4, -0.2) is 51.6 Å². The summed E-state index contributed by atoms with van der Waals surface area (Å²) >= 11 is 1.46. The molecule has 0 fully saturated rings. The molecule has 0 unspecified atom stereocenters. The monoisotopic (exact) mass is 432 g/mol. The zero-order valence-corrected chi connectivity index (χ0v) is 18.0. The Hall–Kier alpha value is -2.88. The maximum Gasteiger partial charge on any atom is 0.258 e. The standard InChI is InChI=1S/C20H25FN6O2S/c1-13(2)10-23-18-14-11-24-27(19(14)26-20(25-18)30-3)9-8-22-17(28)12-29-16-7-5-4-6-15(16)21/h4-7,11,13H,8-10,12H2,1-3H3,(H,22,28)(H,23,25,26). The van der Waals surface area contributed by atoms with Crippen LogP contribution in [0.4, 0.5) is 10.2 Å². The Labute approximate surface area is 178 Å². The number of anilines is 1. The van der Waals surface area contributed by atoms with Gasteiger partial charge in [-0.05, 0) is 24.3 Å². The lowest BCUT2D eigenvalue weighted by Crippen LogP contribution is -2.31. The van der Waals surface area contributed by atoms with E-state index in [0.29, 0.717) is 29.8 Å². The fourth-order valence-electron chi connectivity index (χ4n) is 2.68. The highest BCUT2D eigenvalue weighted by atomic mass is 32.2. The first kappa shape index (κ1) is 21.8. The number of benzene rings is 1. The van der Waals surface area contributed by atoms with Crippen molar-refractivity contribution in [3.8, 4) is 5.75 Å². The SMILES string of the molecule is CSc1nc(NCC(C)C)c2cnn(CCNC(=O)COc3ccccc3F)c2n1. The molecule has 0 radical (unpaired) electrons. The van der Waals surface area contributed by atoms with Crippen molar-refractivity contribution in [1.82, 2.24) is 25.1 Å². The molecule has 1 amide bonds. The van der Waals surface area contributed by atoms with Gasteiger partial charge in [-0.1, -0.05) is 37.7 Å². The van der Waals surface area contributed by atoms with Gasteiger partial charge in [0.15, 0.2) is 29.0 Å². The van der Waals surface area contributed by atoms with Crippen LogP contribution >= 0.6 is 11.8 Å². The summed E-state index contributed by atoms with van der Waals surface area (Å²) in [6.45, 7) is 5.56. The second kappa shape index (κ2) is 10.2. The van der Waals surface area contributed by atoms with Crippen LogP contribution in [0.5, 0.6) is 5.75 Å². The number of hydrogen-bond acceptors (Lipinski definition) is 7. The van der Waals surface area contributed by atoms with Gasteiger partial charge in [0.25, 0.3) is 5.91 Å². The van der Waals surface area contributed by atoms with Gasteiger partial charge in [0.05, 0.1) is 18.1 Å². The highest BCUT2D eigenvalue weighted by molar-refractivity contribution is 7.98. The smallest absolute Gasteiger partial charge is 0.258 e. The predicted molar refractivity (Wildman–Crippen MR) is 115 cm³/mol. The molecule has 0 saturated heterocycles. The molecule has 2 heterocycles. The molecule has 3 aromatic rings. The lowest BCUT2D eigenvalue weighted by atomic mass is 10.2. The molecule has 160 valence electrons. The first-order chi connectivity index (χ1) is 14.5. The lowest BCUT2D eigenvalue weighted by Gasteiger charge is -2.11. The van der Waals surface area contributed by atoms with Gasteiger partial charge in [0.2, 0.25) is 0 Å². The summed E-state index contributed by atoms with van der Waals surface area (Å²) in [7, 11) is 0. The van der Waals surface area contributed by atoms with E-state index in [4.69, 9.17) is 4.74 Å². The van der Waals surface area contributed by atoms with Crippen molar-refractivity contribution in [2.45, 2.75) is 25.5 Å². The second-order valence-corrected chi connectivity index (χ2v) is 7.78. The molecule has 0 bridgehead atoms. The Morgan fingerprint density at radius 1 is 1.30 bits per heavy atom. The molecule has 0 aliphatic heterocycles. The van der Waals surface area contributed by atoms with E-state index in [1.54, 1.807) is 23.0 Å². The quantitative estimate of drug-likeness (QED) is 0.376. The van der Waals surface area contributed by atoms with Crippen LogP contribution in [0.3, 0.4) is 0 Å². The predicted octanol–water partition coefficient (Wildman–Crippen LogP) is 2.95. The molecule has 8 nitrogen and oxygen atoms in total. The third-order valence-corrected chi connectivity index (χ3v) is 4.72. The van der Waals surface area contributed by atoms with Crippen molar-refractivity contribution >= 4 is 34.5 Å². The molecule has 2 aromatic heterocycles. The van der Waals surface area contributed by atoms with Crippen LogP contribution in [0.2, 0.25) is 0 Å². The summed E-state index contributed by atoms with van der Waals surface area (Å²) in [6.07, 6.45) is 3.65. The van der Waals surface area contributed by atoms with E-state index in [9.17, 15) is 9.18 Å². The number of hydrogen-bond donors (Lipinski definition) is 2. The average molecular weight is 433 g/mol. The van der Waals surface area contributed by atoms with Crippen LogP contribution < -0.4 is 15.4 Å². The number of aromatic nitrogens is 4. The second-order valence-electron chi connectivity index (χ2n) is 7.01. The number of nitrogens with zero attached hydrogens (tertiary/aromatic N) is 4. The lowest BCUT2D eigenvalue weighted by molar-refractivity contribution is -0.123. The van der Waals surface area contributed by atoms with Crippen molar-refractivity contribution in [3.05, 3.63) is 36.3 Å². The maximum atomic E-state index is 13.5. The van der Waals surface area contributed by atoms with Gasteiger partial charge in [0.1, 0.15) is 5.82 Å².